The minimum absolute atomic E-state index is 0.235. The molecule has 0 aliphatic heterocycles. The number of hydrogen-bond donors (Lipinski definition) is 3. The van der Waals surface area contributed by atoms with Crippen molar-refractivity contribution in [3.63, 3.8) is 0 Å². The highest BCUT2D eigenvalue weighted by Crippen LogP contribution is 2.16. The average molecular weight is 272 g/mol. The number of aromatic nitrogens is 2. The van der Waals surface area contributed by atoms with Crippen LogP contribution in [0, 0.1) is 0 Å². The minimum atomic E-state index is -0.235. The number of carbonyl (C=O) groups excluding carboxylic acids is 1. The molecule has 0 radical (unpaired) electrons. The maximum absolute atomic E-state index is 12.1. The molecule has 2 rings (SSSR count). The number of nitrogen functional groups attached to an aromatic ring is 1. The van der Waals surface area contributed by atoms with Gasteiger partial charge in [0.25, 0.3) is 5.91 Å². The summed E-state index contributed by atoms with van der Waals surface area (Å²) >= 11 is 0. The van der Waals surface area contributed by atoms with Gasteiger partial charge >= 0.3 is 0 Å². The molecule has 1 heterocycles. The number of nitrogens with two attached hydrogens (primary N) is 1. The van der Waals surface area contributed by atoms with Crippen LogP contribution in [-0.2, 0) is 6.42 Å². The number of rotatable bonds is 5. The van der Waals surface area contributed by atoms with E-state index >= 15 is 0 Å². The van der Waals surface area contributed by atoms with Gasteiger partial charge in [0.1, 0.15) is 0 Å². The number of hydrogen-bond acceptors (Lipinski definition) is 3. The van der Waals surface area contributed by atoms with Crippen LogP contribution in [0.4, 0.5) is 5.69 Å². The Labute approximate surface area is 118 Å². The molecule has 0 spiro atoms. The number of H-pyrrole nitrogens is 1. The van der Waals surface area contributed by atoms with Gasteiger partial charge in [-0.15, -0.1) is 0 Å². The normalized spacial score (nSPS) is 12.1. The predicted octanol–water partition coefficient (Wildman–Crippen LogP) is 2.09. The van der Waals surface area contributed by atoms with Gasteiger partial charge in [-0.3, -0.25) is 9.89 Å². The van der Waals surface area contributed by atoms with E-state index in [0.29, 0.717) is 12.2 Å². The Kier molecular flexibility index (Phi) is 4.40. The van der Waals surface area contributed by atoms with E-state index in [9.17, 15) is 4.79 Å². The molecule has 0 bridgehead atoms. The smallest absolute Gasteiger partial charge is 0.273 e. The molecule has 1 amide bonds. The van der Waals surface area contributed by atoms with Gasteiger partial charge in [-0.25, -0.2) is 0 Å². The molecule has 0 fully saturated rings. The van der Waals surface area contributed by atoms with Crippen LogP contribution in [0.3, 0.4) is 0 Å². The SMILES string of the molecule is CCc1[nH]nc(C(=O)NCC(C)c2ccccc2)c1N. The fraction of sp³-hybridized carbons (Fsp3) is 0.333. The zero-order chi connectivity index (χ0) is 14.5. The molecule has 0 aliphatic carbocycles. The zero-order valence-electron chi connectivity index (χ0n) is 11.8. The third-order valence-corrected chi connectivity index (χ3v) is 3.39. The summed E-state index contributed by atoms with van der Waals surface area (Å²) in [5.41, 5.74) is 8.59. The van der Waals surface area contributed by atoms with Crippen LogP contribution in [-0.4, -0.2) is 22.6 Å². The number of benzene rings is 1. The fourth-order valence-electron chi connectivity index (χ4n) is 2.06. The van der Waals surface area contributed by atoms with Crippen molar-refractivity contribution in [1.29, 1.82) is 0 Å². The van der Waals surface area contributed by atoms with E-state index in [0.717, 1.165) is 12.1 Å². The molecule has 5 heteroatoms. The van der Waals surface area contributed by atoms with E-state index in [-0.39, 0.29) is 17.5 Å². The van der Waals surface area contributed by atoms with Crippen LogP contribution in [0.1, 0.15) is 41.5 Å². The molecule has 1 aromatic heterocycles. The van der Waals surface area contributed by atoms with E-state index in [2.05, 4.69) is 34.6 Å². The summed E-state index contributed by atoms with van der Waals surface area (Å²) in [4.78, 5) is 12.1. The molecule has 0 saturated carbocycles. The molecule has 0 saturated heterocycles. The zero-order valence-corrected chi connectivity index (χ0v) is 11.8. The van der Waals surface area contributed by atoms with Gasteiger partial charge in [0.05, 0.1) is 11.4 Å². The molecule has 106 valence electrons. The highest BCUT2D eigenvalue weighted by atomic mass is 16.1. The van der Waals surface area contributed by atoms with Gasteiger partial charge in [-0.2, -0.15) is 5.10 Å². The number of nitrogens with zero attached hydrogens (tertiary/aromatic N) is 1. The summed E-state index contributed by atoms with van der Waals surface area (Å²) in [7, 11) is 0. The summed E-state index contributed by atoms with van der Waals surface area (Å²) in [5.74, 6) is 0.00666. The highest BCUT2D eigenvalue weighted by molar-refractivity contribution is 5.97. The number of carbonyl (C=O) groups is 1. The van der Waals surface area contributed by atoms with Crippen LogP contribution >= 0.6 is 0 Å². The molecular weight excluding hydrogens is 252 g/mol. The second kappa shape index (κ2) is 6.23. The Morgan fingerprint density at radius 1 is 1.40 bits per heavy atom. The molecule has 2 aromatic rings. The largest absolute Gasteiger partial charge is 0.395 e. The van der Waals surface area contributed by atoms with Gasteiger partial charge < -0.3 is 11.1 Å². The van der Waals surface area contributed by atoms with Crippen molar-refractivity contribution in [2.45, 2.75) is 26.2 Å². The van der Waals surface area contributed by atoms with E-state index in [4.69, 9.17) is 5.73 Å². The third-order valence-electron chi connectivity index (χ3n) is 3.39. The molecule has 1 unspecified atom stereocenters. The maximum Gasteiger partial charge on any atom is 0.273 e. The lowest BCUT2D eigenvalue weighted by molar-refractivity contribution is 0.0947. The third kappa shape index (κ3) is 2.99. The standard InChI is InChI=1S/C15H20N4O/c1-3-12-13(16)14(19-18-12)15(20)17-9-10(2)11-7-5-4-6-8-11/h4-8,10H,3,9,16H2,1-2H3,(H,17,20)(H,18,19). The number of nitrogens with one attached hydrogen (secondary N) is 2. The first-order chi connectivity index (χ1) is 9.63. The molecule has 0 aliphatic rings. The van der Waals surface area contributed by atoms with Crippen LogP contribution in [0.25, 0.3) is 0 Å². The topological polar surface area (TPSA) is 83.8 Å². The van der Waals surface area contributed by atoms with Crippen molar-refractivity contribution in [2.75, 3.05) is 12.3 Å². The van der Waals surface area contributed by atoms with Gasteiger partial charge in [-0.05, 0) is 17.9 Å². The molecule has 1 atom stereocenters. The number of amides is 1. The molecular formula is C15H20N4O. The lowest BCUT2D eigenvalue weighted by Gasteiger charge is -2.12. The van der Waals surface area contributed by atoms with Crippen molar-refractivity contribution < 1.29 is 4.79 Å². The predicted molar refractivity (Wildman–Crippen MR) is 79.6 cm³/mol. The van der Waals surface area contributed by atoms with Crippen molar-refractivity contribution in [1.82, 2.24) is 15.5 Å². The first-order valence-electron chi connectivity index (χ1n) is 6.79. The average Bonchev–Trinajstić information content (AvgIpc) is 2.86. The summed E-state index contributed by atoms with van der Waals surface area (Å²) in [6.45, 7) is 4.58. The summed E-state index contributed by atoms with van der Waals surface area (Å²) < 4.78 is 0. The van der Waals surface area contributed by atoms with Crippen LogP contribution < -0.4 is 11.1 Å². The quantitative estimate of drug-likeness (QED) is 0.779. The van der Waals surface area contributed by atoms with Gasteiger partial charge in [0.2, 0.25) is 0 Å². The van der Waals surface area contributed by atoms with Crippen molar-refractivity contribution >= 4 is 11.6 Å². The lowest BCUT2D eigenvalue weighted by Crippen LogP contribution is -2.28. The van der Waals surface area contributed by atoms with Crippen LogP contribution in [0.5, 0.6) is 0 Å². The summed E-state index contributed by atoms with van der Waals surface area (Å²) in [5, 5.41) is 9.64. The fourth-order valence-corrected chi connectivity index (χ4v) is 2.06. The Morgan fingerprint density at radius 3 is 2.70 bits per heavy atom. The van der Waals surface area contributed by atoms with E-state index in [1.807, 2.05) is 25.1 Å². The molecule has 20 heavy (non-hydrogen) atoms. The monoisotopic (exact) mass is 272 g/mol. The van der Waals surface area contributed by atoms with E-state index < -0.39 is 0 Å². The number of aromatic amines is 1. The maximum atomic E-state index is 12.1. The van der Waals surface area contributed by atoms with Gasteiger partial charge in [0, 0.05) is 6.54 Å². The highest BCUT2D eigenvalue weighted by Gasteiger charge is 2.17. The Bertz CT molecular complexity index is 577. The van der Waals surface area contributed by atoms with E-state index in [1.54, 1.807) is 0 Å². The van der Waals surface area contributed by atoms with Crippen LogP contribution in [0.2, 0.25) is 0 Å². The molecule has 5 nitrogen and oxygen atoms in total. The Hall–Kier alpha value is -2.30. The van der Waals surface area contributed by atoms with Crippen molar-refractivity contribution in [3.8, 4) is 0 Å². The van der Waals surface area contributed by atoms with Gasteiger partial charge in [-0.1, -0.05) is 44.2 Å². The second-order valence-electron chi connectivity index (χ2n) is 4.84. The Morgan fingerprint density at radius 2 is 2.10 bits per heavy atom. The minimum Gasteiger partial charge on any atom is -0.395 e. The number of aryl methyl sites for hydroxylation is 1. The van der Waals surface area contributed by atoms with Gasteiger partial charge in [0.15, 0.2) is 5.69 Å². The molecule has 4 N–H and O–H groups in total. The van der Waals surface area contributed by atoms with Crippen molar-refractivity contribution in [2.24, 2.45) is 0 Å². The first-order valence-corrected chi connectivity index (χ1v) is 6.79. The first kappa shape index (κ1) is 14.1. The summed E-state index contributed by atoms with van der Waals surface area (Å²) in [6.07, 6.45) is 0.729. The Balaban J connectivity index is 1.97. The summed E-state index contributed by atoms with van der Waals surface area (Å²) in [6, 6.07) is 10.1. The molecule has 1 aromatic carbocycles. The number of anilines is 1. The lowest BCUT2D eigenvalue weighted by atomic mass is 10.0. The second-order valence-corrected chi connectivity index (χ2v) is 4.84. The van der Waals surface area contributed by atoms with E-state index in [1.165, 1.54) is 5.56 Å². The van der Waals surface area contributed by atoms with Crippen LogP contribution in [0.15, 0.2) is 30.3 Å². The van der Waals surface area contributed by atoms with Crippen molar-refractivity contribution in [3.05, 3.63) is 47.3 Å².